The van der Waals surface area contributed by atoms with Crippen molar-refractivity contribution in [2.45, 2.75) is 32.2 Å². The molecule has 0 bridgehead atoms. The molecule has 1 atom stereocenters. The number of hydrogen-bond donors (Lipinski definition) is 1. The van der Waals surface area contributed by atoms with E-state index in [9.17, 15) is 0 Å². The fraction of sp³-hybridized carbons (Fsp3) is 0.217. The minimum atomic E-state index is 0.0848. The Bertz CT molecular complexity index is 848. The molecule has 3 aromatic rings. The van der Waals surface area contributed by atoms with Crippen LogP contribution in [0.5, 0.6) is 0 Å². The molecule has 0 radical (unpaired) electrons. The van der Waals surface area contributed by atoms with Crippen LogP contribution in [0.1, 0.15) is 36.4 Å². The van der Waals surface area contributed by atoms with Crippen LogP contribution in [0, 0.1) is 6.92 Å². The van der Waals surface area contributed by atoms with E-state index >= 15 is 0 Å². The Hall–Kier alpha value is -2.38. The number of unbranched alkanes of at least 4 members (excludes halogenated alkanes) is 1. The van der Waals surface area contributed by atoms with Gasteiger partial charge in [0, 0.05) is 6.04 Å². The molecule has 1 nitrogen and oxygen atoms in total. The van der Waals surface area contributed by atoms with Crippen LogP contribution in [-0.2, 0) is 0 Å². The lowest BCUT2D eigenvalue weighted by atomic mass is 9.93. The van der Waals surface area contributed by atoms with Gasteiger partial charge in [0.05, 0.1) is 0 Å². The van der Waals surface area contributed by atoms with Gasteiger partial charge in [0.25, 0.3) is 0 Å². The summed E-state index contributed by atoms with van der Waals surface area (Å²) in [6, 6.07) is 21.8. The lowest BCUT2D eigenvalue weighted by molar-refractivity contribution is 0.617. The minimum absolute atomic E-state index is 0.0848. The first-order chi connectivity index (χ1) is 11.7. The SMILES string of the molecule is C=CCCCC(N)c1cccc(-c2cccc3c(C)cccc23)c1. The van der Waals surface area contributed by atoms with Gasteiger partial charge in [-0.15, -0.1) is 6.58 Å². The molecule has 0 aliphatic carbocycles. The van der Waals surface area contributed by atoms with Gasteiger partial charge in [-0.1, -0.05) is 60.7 Å². The first-order valence-corrected chi connectivity index (χ1v) is 8.66. The Morgan fingerprint density at radius 2 is 1.75 bits per heavy atom. The van der Waals surface area contributed by atoms with Crippen molar-refractivity contribution in [3.63, 3.8) is 0 Å². The molecule has 0 heterocycles. The van der Waals surface area contributed by atoms with Crippen LogP contribution in [0.25, 0.3) is 21.9 Å². The highest BCUT2D eigenvalue weighted by Gasteiger charge is 2.09. The summed E-state index contributed by atoms with van der Waals surface area (Å²) < 4.78 is 0. The van der Waals surface area contributed by atoms with Crippen LogP contribution in [-0.4, -0.2) is 0 Å². The maximum Gasteiger partial charge on any atom is 0.0295 e. The summed E-state index contributed by atoms with van der Waals surface area (Å²) in [5, 5.41) is 2.62. The second-order valence-corrected chi connectivity index (χ2v) is 6.43. The van der Waals surface area contributed by atoms with Gasteiger partial charge in [0.1, 0.15) is 0 Å². The van der Waals surface area contributed by atoms with Gasteiger partial charge in [0.15, 0.2) is 0 Å². The van der Waals surface area contributed by atoms with Gasteiger partial charge in [-0.05, 0) is 65.3 Å². The Balaban J connectivity index is 1.97. The van der Waals surface area contributed by atoms with Crippen molar-refractivity contribution in [1.29, 1.82) is 0 Å². The summed E-state index contributed by atoms with van der Waals surface area (Å²) in [5.74, 6) is 0. The Kier molecular flexibility index (Phi) is 5.12. The maximum atomic E-state index is 6.39. The van der Waals surface area contributed by atoms with Crippen molar-refractivity contribution in [3.05, 3.63) is 84.4 Å². The molecule has 0 fully saturated rings. The maximum absolute atomic E-state index is 6.39. The van der Waals surface area contributed by atoms with E-state index in [1.807, 2.05) is 6.08 Å². The number of hydrogen-bond acceptors (Lipinski definition) is 1. The van der Waals surface area contributed by atoms with Gasteiger partial charge in [-0.3, -0.25) is 0 Å². The average Bonchev–Trinajstić information content (AvgIpc) is 2.62. The van der Waals surface area contributed by atoms with E-state index in [1.165, 1.54) is 33.0 Å². The van der Waals surface area contributed by atoms with Gasteiger partial charge in [-0.2, -0.15) is 0 Å². The van der Waals surface area contributed by atoms with Crippen molar-refractivity contribution in [3.8, 4) is 11.1 Å². The summed E-state index contributed by atoms with van der Waals surface area (Å²) >= 11 is 0. The number of nitrogens with two attached hydrogens (primary N) is 1. The number of benzene rings is 3. The molecule has 0 amide bonds. The molecule has 0 saturated heterocycles. The van der Waals surface area contributed by atoms with E-state index in [0.717, 1.165) is 19.3 Å². The molecule has 3 rings (SSSR count). The van der Waals surface area contributed by atoms with E-state index in [-0.39, 0.29) is 6.04 Å². The molecule has 0 aliphatic heterocycles. The zero-order valence-electron chi connectivity index (χ0n) is 14.3. The molecule has 1 unspecified atom stereocenters. The summed E-state index contributed by atoms with van der Waals surface area (Å²) in [6.45, 7) is 5.94. The van der Waals surface area contributed by atoms with Gasteiger partial charge < -0.3 is 5.73 Å². The zero-order valence-corrected chi connectivity index (χ0v) is 14.3. The highest BCUT2D eigenvalue weighted by atomic mass is 14.6. The molecule has 3 aromatic carbocycles. The number of fused-ring (bicyclic) bond motifs is 1. The quantitative estimate of drug-likeness (QED) is 0.427. The smallest absolute Gasteiger partial charge is 0.0295 e. The first kappa shape index (κ1) is 16.5. The molecule has 2 N–H and O–H groups in total. The second kappa shape index (κ2) is 7.46. The Labute approximate surface area is 144 Å². The summed E-state index contributed by atoms with van der Waals surface area (Å²) in [4.78, 5) is 0. The molecular weight excluding hydrogens is 290 g/mol. The van der Waals surface area contributed by atoms with Crippen LogP contribution in [0.15, 0.2) is 73.3 Å². The summed E-state index contributed by atoms with van der Waals surface area (Å²) in [6.07, 6.45) is 5.06. The predicted molar refractivity (Wildman–Crippen MR) is 105 cm³/mol. The topological polar surface area (TPSA) is 26.0 Å². The molecule has 0 spiro atoms. The standard InChI is InChI=1S/C23H25N/c1-3-4-5-15-23(24)19-11-7-10-18(16-19)21-13-8-12-20-17(2)9-6-14-22(20)21/h3,6-14,16,23H,1,4-5,15,24H2,2H3. The van der Waals surface area contributed by atoms with Crippen molar-refractivity contribution < 1.29 is 0 Å². The van der Waals surface area contributed by atoms with E-state index in [2.05, 4.69) is 74.2 Å². The molecule has 122 valence electrons. The molecule has 0 saturated carbocycles. The summed E-state index contributed by atoms with van der Waals surface area (Å²) in [7, 11) is 0. The molecule has 0 aliphatic rings. The second-order valence-electron chi connectivity index (χ2n) is 6.43. The van der Waals surface area contributed by atoms with Crippen LogP contribution < -0.4 is 5.73 Å². The highest BCUT2D eigenvalue weighted by Crippen LogP contribution is 2.31. The van der Waals surface area contributed by atoms with Crippen molar-refractivity contribution in [2.75, 3.05) is 0 Å². The third-order valence-corrected chi connectivity index (χ3v) is 4.69. The normalized spacial score (nSPS) is 12.2. The predicted octanol–water partition coefficient (Wildman–Crippen LogP) is 6.17. The molecule has 1 heteroatoms. The van der Waals surface area contributed by atoms with Crippen molar-refractivity contribution in [1.82, 2.24) is 0 Å². The monoisotopic (exact) mass is 315 g/mol. The minimum Gasteiger partial charge on any atom is -0.324 e. The van der Waals surface area contributed by atoms with E-state index < -0.39 is 0 Å². The van der Waals surface area contributed by atoms with Crippen LogP contribution in [0.2, 0.25) is 0 Å². The Morgan fingerprint density at radius 3 is 2.58 bits per heavy atom. The third kappa shape index (κ3) is 3.42. The Morgan fingerprint density at radius 1 is 1.00 bits per heavy atom. The lowest BCUT2D eigenvalue weighted by Gasteiger charge is -2.14. The van der Waals surface area contributed by atoms with E-state index in [1.54, 1.807) is 0 Å². The zero-order chi connectivity index (χ0) is 16.9. The number of allylic oxidation sites excluding steroid dienone is 1. The third-order valence-electron chi connectivity index (χ3n) is 4.69. The fourth-order valence-corrected chi connectivity index (χ4v) is 3.30. The van der Waals surface area contributed by atoms with Gasteiger partial charge in [-0.25, -0.2) is 0 Å². The van der Waals surface area contributed by atoms with Crippen LogP contribution in [0.4, 0.5) is 0 Å². The number of aryl methyl sites for hydroxylation is 1. The summed E-state index contributed by atoms with van der Waals surface area (Å²) in [5.41, 5.74) is 11.4. The molecular formula is C23H25N. The van der Waals surface area contributed by atoms with Crippen LogP contribution >= 0.6 is 0 Å². The molecule has 24 heavy (non-hydrogen) atoms. The van der Waals surface area contributed by atoms with E-state index in [0.29, 0.717) is 0 Å². The largest absolute Gasteiger partial charge is 0.324 e. The highest BCUT2D eigenvalue weighted by molar-refractivity contribution is 5.98. The van der Waals surface area contributed by atoms with Gasteiger partial charge >= 0.3 is 0 Å². The fourth-order valence-electron chi connectivity index (χ4n) is 3.30. The van der Waals surface area contributed by atoms with Crippen LogP contribution in [0.3, 0.4) is 0 Å². The lowest BCUT2D eigenvalue weighted by Crippen LogP contribution is -2.10. The number of rotatable bonds is 6. The average molecular weight is 315 g/mol. The first-order valence-electron chi connectivity index (χ1n) is 8.66. The van der Waals surface area contributed by atoms with Gasteiger partial charge in [0.2, 0.25) is 0 Å². The van der Waals surface area contributed by atoms with E-state index in [4.69, 9.17) is 5.73 Å². The molecule has 0 aromatic heterocycles. The van der Waals surface area contributed by atoms with Crippen molar-refractivity contribution >= 4 is 10.8 Å². The van der Waals surface area contributed by atoms with Crippen molar-refractivity contribution in [2.24, 2.45) is 5.73 Å².